The normalized spacial score (nSPS) is 13.0. The highest BCUT2D eigenvalue weighted by atomic mass is 16.3. The Morgan fingerprint density at radius 1 is 1.70 bits per heavy atom. The molecule has 0 spiro atoms. The number of nitrogens with zero attached hydrogens (tertiary/aromatic N) is 1. The summed E-state index contributed by atoms with van der Waals surface area (Å²) in [6.45, 7) is -0.00824. The first-order chi connectivity index (χ1) is 4.84. The molecular weight excluding hydrogens is 130 g/mol. The van der Waals surface area contributed by atoms with Crippen molar-refractivity contribution in [3.05, 3.63) is 30.1 Å². The summed E-state index contributed by atoms with van der Waals surface area (Å²) in [6, 6.07) is 3.50. The van der Waals surface area contributed by atoms with Gasteiger partial charge in [0.05, 0.1) is 0 Å². The van der Waals surface area contributed by atoms with Gasteiger partial charge in [-0.25, -0.2) is 0 Å². The number of pyridine rings is 1. The van der Waals surface area contributed by atoms with Gasteiger partial charge in [-0.1, -0.05) is 6.07 Å². The average molecular weight is 140 g/mol. The molecule has 0 amide bonds. The molecule has 0 aliphatic heterocycles. The molecule has 1 aromatic heterocycles. The summed E-state index contributed by atoms with van der Waals surface area (Å²) in [7, 11) is 0. The molecule has 3 N–H and O–H groups in total. The van der Waals surface area contributed by atoms with E-state index in [4.69, 9.17) is 10.2 Å². The van der Waals surface area contributed by atoms with Crippen LogP contribution in [0.4, 0.5) is 0 Å². The van der Waals surface area contributed by atoms with Crippen molar-refractivity contribution in [3.63, 3.8) is 0 Å². The highest BCUT2D eigenvalue weighted by molar-refractivity contribution is 5.11. The summed E-state index contributed by atoms with van der Waals surface area (Å²) in [5, 5.41) is 16.0. The standard InChI is InChI=1S/C7H9NO2/c9-5-7(10)6-2-1-3-8-4-6/h1-4,7,9-10H,5H2/p+1. The first-order valence-electron chi connectivity index (χ1n) is 3.07. The van der Waals surface area contributed by atoms with Crippen LogP contribution >= 0.6 is 0 Å². The quantitative estimate of drug-likeness (QED) is 0.580. The maximum absolute atomic E-state index is 9.10. The SMILES string of the molecule is OC(C[OH2+])c1cccnc1. The van der Waals surface area contributed by atoms with Crippen molar-refractivity contribution < 1.29 is 10.2 Å². The van der Waals surface area contributed by atoms with Gasteiger partial charge in [-0.3, -0.25) is 4.98 Å². The lowest BCUT2D eigenvalue weighted by Crippen LogP contribution is -2.01. The lowest BCUT2D eigenvalue weighted by atomic mass is 10.2. The Balaban J connectivity index is 2.75. The van der Waals surface area contributed by atoms with Crippen LogP contribution in [0.15, 0.2) is 24.5 Å². The molecular formula is C7H10NO2+. The van der Waals surface area contributed by atoms with E-state index < -0.39 is 6.10 Å². The summed E-state index contributed by atoms with van der Waals surface area (Å²) in [4.78, 5) is 3.81. The molecule has 0 saturated heterocycles. The molecule has 0 fully saturated rings. The molecule has 1 aromatic rings. The predicted octanol–water partition coefficient (Wildman–Crippen LogP) is -0.160. The second kappa shape index (κ2) is 3.29. The topological polar surface area (TPSA) is 56.0 Å². The number of aromatic nitrogens is 1. The minimum Gasteiger partial charge on any atom is -0.443 e. The molecule has 0 aliphatic rings. The lowest BCUT2D eigenvalue weighted by Gasteiger charge is -2.01. The van der Waals surface area contributed by atoms with Crippen LogP contribution in [0.1, 0.15) is 11.7 Å². The third-order valence-electron chi connectivity index (χ3n) is 1.26. The highest BCUT2D eigenvalue weighted by Crippen LogP contribution is 2.08. The van der Waals surface area contributed by atoms with E-state index in [0.29, 0.717) is 5.56 Å². The van der Waals surface area contributed by atoms with Gasteiger partial charge in [0.15, 0.2) is 6.61 Å². The minimum atomic E-state index is -0.686. The van der Waals surface area contributed by atoms with Gasteiger partial charge in [0.25, 0.3) is 0 Å². The lowest BCUT2D eigenvalue weighted by molar-refractivity contribution is 0.0953. The maximum atomic E-state index is 9.10. The summed E-state index contributed by atoms with van der Waals surface area (Å²) in [6.07, 6.45) is 2.52. The monoisotopic (exact) mass is 140 g/mol. The molecule has 1 unspecified atom stereocenters. The third kappa shape index (κ3) is 1.52. The Morgan fingerprint density at radius 2 is 2.50 bits per heavy atom. The van der Waals surface area contributed by atoms with E-state index in [2.05, 4.69) is 4.98 Å². The van der Waals surface area contributed by atoms with E-state index in [0.717, 1.165) is 0 Å². The van der Waals surface area contributed by atoms with E-state index in [9.17, 15) is 0 Å². The van der Waals surface area contributed by atoms with E-state index in [1.165, 1.54) is 0 Å². The minimum absolute atomic E-state index is 0.00824. The van der Waals surface area contributed by atoms with Gasteiger partial charge in [0.2, 0.25) is 0 Å². The zero-order valence-corrected chi connectivity index (χ0v) is 5.49. The average Bonchev–Trinajstić information content (AvgIpc) is 2.05. The van der Waals surface area contributed by atoms with Gasteiger partial charge in [0, 0.05) is 18.0 Å². The third-order valence-corrected chi connectivity index (χ3v) is 1.26. The second-order valence-electron chi connectivity index (χ2n) is 2.01. The Bertz CT molecular complexity index is 188. The van der Waals surface area contributed by atoms with E-state index in [1.54, 1.807) is 24.5 Å². The Hall–Kier alpha value is -0.930. The van der Waals surface area contributed by atoms with E-state index in [1.807, 2.05) is 0 Å². The summed E-state index contributed by atoms with van der Waals surface area (Å²) in [5.41, 5.74) is 0.706. The molecule has 0 radical (unpaired) electrons. The zero-order chi connectivity index (χ0) is 7.40. The molecule has 3 nitrogen and oxygen atoms in total. The Kier molecular flexibility index (Phi) is 2.36. The van der Waals surface area contributed by atoms with Crippen molar-refractivity contribution >= 4 is 0 Å². The van der Waals surface area contributed by atoms with Crippen LogP contribution in [0, 0.1) is 0 Å². The van der Waals surface area contributed by atoms with Crippen molar-refractivity contribution in [2.75, 3.05) is 6.61 Å². The van der Waals surface area contributed by atoms with Crippen LogP contribution in [0.25, 0.3) is 0 Å². The molecule has 0 saturated carbocycles. The molecule has 1 heterocycles. The van der Waals surface area contributed by atoms with Crippen molar-refractivity contribution in [1.82, 2.24) is 4.98 Å². The molecule has 1 atom stereocenters. The van der Waals surface area contributed by atoms with Gasteiger partial charge < -0.3 is 10.2 Å². The van der Waals surface area contributed by atoms with Gasteiger partial charge in [-0.05, 0) is 6.07 Å². The van der Waals surface area contributed by atoms with Crippen LogP contribution < -0.4 is 0 Å². The van der Waals surface area contributed by atoms with Gasteiger partial charge in [-0.2, -0.15) is 0 Å². The van der Waals surface area contributed by atoms with Crippen LogP contribution in [-0.2, 0) is 0 Å². The fourth-order valence-corrected chi connectivity index (χ4v) is 0.691. The number of hydrogen-bond donors (Lipinski definition) is 1. The first-order valence-corrected chi connectivity index (χ1v) is 3.07. The highest BCUT2D eigenvalue weighted by Gasteiger charge is 2.06. The number of aliphatic hydroxyl groups is 1. The predicted molar refractivity (Wildman–Crippen MR) is 37.7 cm³/mol. The molecule has 3 heteroatoms. The fourth-order valence-electron chi connectivity index (χ4n) is 0.691. The van der Waals surface area contributed by atoms with Crippen LogP contribution in [0.2, 0.25) is 0 Å². The fraction of sp³-hybridized carbons (Fsp3) is 0.286. The smallest absolute Gasteiger partial charge is 0.174 e. The number of aliphatic hydroxyl groups excluding tert-OH is 1. The first kappa shape index (κ1) is 7.18. The molecule has 1 rings (SSSR count). The van der Waals surface area contributed by atoms with Crippen molar-refractivity contribution in [2.24, 2.45) is 0 Å². The Labute approximate surface area is 59.0 Å². The summed E-state index contributed by atoms with van der Waals surface area (Å²) < 4.78 is 0. The zero-order valence-electron chi connectivity index (χ0n) is 5.49. The van der Waals surface area contributed by atoms with Crippen LogP contribution in [0.5, 0.6) is 0 Å². The van der Waals surface area contributed by atoms with Gasteiger partial charge >= 0.3 is 0 Å². The molecule has 0 aliphatic carbocycles. The Morgan fingerprint density at radius 3 is 3.00 bits per heavy atom. The van der Waals surface area contributed by atoms with Crippen molar-refractivity contribution in [3.8, 4) is 0 Å². The largest absolute Gasteiger partial charge is 0.443 e. The summed E-state index contributed by atoms with van der Waals surface area (Å²) >= 11 is 0. The van der Waals surface area contributed by atoms with Gasteiger partial charge in [0.1, 0.15) is 6.10 Å². The van der Waals surface area contributed by atoms with Gasteiger partial charge in [-0.15, -0.1) is 0 Å². The van der Waals surface area contributed by atoms with E-state index >= 15 is 0 Å². The maximum Gasteiger partial charge on any atom is 0.174 e. The second-order valence-corrected chi connectivity index (χ2v) is 2.01. The summed E-state index contributed by atoms with van der Waals surface area (Å²) in [5.74, 6) is 0. The number of hydrogen-bond acceptors (Lipinski definition) is 2. The number of rotatable bonds is 2. The molecule has 54 valence electrons. The van der Waals surface area contributed by atoms with E-state index in [-0.39, 0.29) is 6.61 Å². The molecule has 10 heavy (non-hydrogen) atoms. The van der Waals surface area contributed by atoms with Crippen LogP contribution in [0.3, 0.4) is 0 Å². The molecule has 0 aromatic carbocycles. The van der Waals surface area contributed by atoms with Crippen molar-refractivity contribution in [2.45, 2.75) is 6.10 Å². The molecule has 0 bridgehead atoms. The van der Waals surface area contributed by atoms with Crippen molar-refractivity contribution in [1.29, 1.82) is 0 Å². The van der Waals surface area contributed by atoms with Crippen LogP contribution in [-0.4, -0.2) is 21.8 Å².